The first-order valence-corrected chi connectivity index (χ1v) is 9.03. The highest BCUT2D eigenvalue weighted by molar-refractivity contribution is 5.67. The van der Waals surface area contributed by atoms with Crippen molar-refractivity contribution in [2.24, 2.45) is 5.92 Å². The Kier molecular flexibility index (Phi) is 5.12. The number of hydrogen-bond acceptors (Lipinski definition) is 6. The van der Waals surface area contributed by atoms with Crippen molar-refractivity contribution in [1.29, 1.82) is 0 Å². The Morgan fingerprint density at radius 1 is 0.885 bits per heavy atom. The zero-order valence-corrected chi connectivity index (χ0v) is 14.6. The molecule has 26 heavy (non-hydrogen) atoms. The molecule has 6 nitrogen and oxygen atoms in total. The minimum Gasteiger partial charge on any atom is -0.370 e. The molecule has 0 amide bonds. The van der Waals surface area contributed by atoms with Gasteiger partial charge >= 0.3 is 0 Å². The van der Waals surface area contributed by atoms with Crippen LogP contribution < -0.4 is 10.6 Å². The summed E-state index contributed by atoms with van der Waals surface area (Å²) in [4.78, 5) is 17.7. The molecule has 6 heteroatoms. The summed E-state index contributed by atoms with van der Waals surface area (Å²) in [7, 11) is 0. The van der Waals surface area contributed by atoms with E-state index in [1.54, 1.807) is 24.8 Å². The van der Waals surface area contributed by atoms with E-state index in [0.717, 1.165) is 42.3 Å². The summed E-state index contributed by atoms with van der Waals surface area (Å²) in [5.74, 6) is 2.24. The van der Waals surface area contributed by atoms with E-state index >= 15 is 0 Å². The molecule has 4 rings (SSSR count). The maximum Gasteiger partial charge on any atom is 0.162 e. The molecule has 0 unspecified atom stereocenters. The van der Waals surface area contributed by atoms with Crippen molar-refractivity contribution in [2.45, 2.75) is 12.8 Å². The van der Waals surface area contributed by atoms with Gasteiger partial charge in [-0.3, -0.25) is 9.97 Å². The molecule has 0 radical (unpaired) electrons. The van der Waals surface area contributed by atoms with E-state index in [9.17, 15) is 0 Å². The van der Waals surface area contributed by atoms with Gasteiger partial charge in [0.05, 0.1) is 5.69 Å². The molecule has 132 valence electrons. The fourth-order valence-corrected chi connectivity index (χ4v) is 3.17. The van der Waals surface area contributed by atoms with E-state index in [-0.39, 0.29) is 0 Å². The second-order valence-electron chi connectivity index (χ2n) is 6.51. The van der Waals surface area contributed by atoms with Crippen molar-refractivity contribution in [2.75, 3.05) is 25.0 Å². The van der Waals surface area contributed by atoms with Crippen LogP contribution in [0.3, 0.4) is 0 Å². The number of piperidine rings is 1. The number of aromatic nitrogens is 4. The number of hydrogen-bond donors (Lipinski definition) is 2. The quantitative estimate of drug-likeness (QED) is 0.740. The Balaban J connectivity index is 1.64. The molecular formula is C20H22N6. The summed E-state index contributed by atoms with van der Waals surface area (Å²) in [5, 5.41) is 6.93. The van der Waals surface area contributed by atoms with Crippen LogP contribution in [0.25, 0.3) is 22.6 Å². The summed E-state index contributed by atoms with van der Waals surface area (Å²) >= 11 is 0. The Labute approximate surface area is 153 Å². The molecule has 0 aliphatic carbocycles. The van der Waals surface area contributed by atoms with Gasteiger partial charge in [-0.2, -0.15) is 0 Å². The second-order valence-corrected chi connectivity index (χ2v) is 6.51. The van der Waals surface area contributed by atoms with Gasteiger partial charge in [0.1, 0.15) is 5.82 Å². The monoisotopic (exact) mass is 346 g/mol. The molecule has 1 fully saturated rings. The normalized spacial score (nSPS) is 14.9. The van der Waals surface area contributed by atoms with Crippen molar-refractivity contribution < 1.29 is 0 Å². The lowest BCUT2D eigenvalue weighted by Crippen LogP contribution is -2.31. The molecule has 3 aromatic rings. The average Bonchev–Trinajstić information content (AvgIpc) is 2.74. The van der Waals surface area contributed by atoms with Gasteiger partial charge in [0.15, 0.2) is 5.82 Å². The molecule has 1 saturated heterocycles. The zero-order chi connectivity index (χ0) is 17.6. The van der Waals surface area contributed by atoms with Gasteiger partial charge in [0, 0.05) is 48.5 Å². The van der Waals surface area contributed by atoms with E-state index in [4.69, 9.17) is 9.97 Å². The minimum absolute atomic E-state index is 0.681. The maximum atomic E-state index is 4.75. The average molecular weight is 346 g/mol. The van der Waals surface area contributed by atoms with Crippen LogP contribution in [0.4, 0.5) is 5.82 Å². The Morgan fingerprint density at radius 2 is 1.54 bits per heavy atom. The van der Waals surface area contributed by atoms with E-state index < -0.39 is 0 Å². The first-order valence-electron chi connectivity index (χ1n) is 9.03. The van der Waals surface area contributed by atoms with E-state index in [1.807, 2.05) is 30.3 Å². The number of pyridine rings is 2. The largest absolute Gasteiger partial charge is 0.370 e. The topological polar surface area (TPSA) is 75.6 Å². The van der Waals surface area contributed by atoms with Gasteiger partial charge in [-0.05, 0) is 56.1 Å². The van der Waals surface area contributed by atoms with Crippen LogP contribution in [0.5, 0.6) is 0 Å². The highest BCUT2D eigenvalue weighted by Crippen LogP contribution is 2.24. The molecule has 0 atom stereocenters. The number of nitrogens with zero attached hydrogens (tertiary/aromatic N) is 4. The lowest BCUT2D eigenvalue weighted by Gasteiger charge is -2.23. The number of anilines is 1. The fraction of sp³-hybridized carbons (Fsp3) is 0.300. The third kappa shape index (κ3) is 4.03. The second kappa shape index (κ2) is 8.01. The van der Waals surface area contributed by atoms with Crippen LogP contribution in [-0.2, 0) is 0 Å². The Hall–Kier alpha value is -2.86. The van der Waals surface area contributed by atoms with Gasteiger partial charge in [-0.1, -0.05) is 0 Å². The molecule has 1 aliphatic heterocycles. The molecule has 0 aromatic carbocycles. The van der Waals surface area contributed by atoms with Crippen LogP contribution in [0.15, 0.2) is 55.1 Å². The van der Waals surface area contributed by atoms with Gasteiger partial charge in [-0.25, -0.2) is 9.97 Å². The van der Waals surface area contributed by atoms with Crippen LogP contribution in [0.1, 0.15) is 12.8 Å². The minimum atomic E-state index is 0.681. The first kappa shape index (κ1) is 16.6. The molecule has 1 aliphatic rings. The van der Waals surface area contributed by atoms with Crippen LogP contribution in [0, 0.1) is 5.92 Å². The van der Waals surface area contributed by atoms with Crippen molar-refractivity contribution in [3.8, 4) is 22.6 Å². The zero-order valence-electron chi connectivity index (χ0n) is 14.6. The highest BCUT2D eigenvalue weighted by Gasteiger charge is 2.14. The van der Waals surface area contributed by atoms with Gasteiger partial charge in [0.25, 0.3) is 0 Å². The van der Waals surface area contributed by atoms with Crippen molar-refractivity contribution in [3.63, 3.8) is 0 Å². The molecular weight excluding hydrogens is 324 g/mol. The van der Waals surface area contributed by atoms with E-state index in [0.29, 0.717) is 11.7 Å². The predicted octanol–water partition coefficient (Wildman–Crippen LogP) is 3.01. The predicted molar refractivity (Wildman–Crippen MR) is 103 cm³/mol. The molecule has 3 aromatic heterocycles. The van der Waals surface area contributed by atoms with Gasteiger partial charge in [-0.15, -0.1) is 0 Å². The number of rotatable bonds is 5. The molecule has 0 spiro atoms. The van der Waals surface area contributed by atoms with Crippen LogP contribution in [0.2, 0.25) is 0 Å². The van der Waals surface area contributed by atoms with Crippen LogP contribution in [-0.4, -0.2) is 39.6 Å². The summed E-state index contributed by atoms with van der Waals surface area (Å²) in [6.45, 7) is 3.13. The smallest absolute Gasteiger partial charge is 0.162 e. The van der Waals surface area contributed by atoms with E-state index in [1.165, 1.54) is 12.8 Å². The van der Waals surface area contributed by atoms with E-state index in [2.05, 4.69) is 20.6 Å². The summed E-state index contributed by atoms with van der Waals surface area (Å²) in [6, 6.07) is 9.82. The SMILES string of the molecule is c1cc(-c2cc(NCC3CCNCC3)nc(-c3ccncc3)n2)ccn1. The summed E-state index contributed by atoms with van der Waals surface area (Å²) < 4.78 is 0. The molecule has 0 bridgehead atoms. The van der Waals surface area contributed by atoms with Crippen molar-refractivity contribution in [3.05, 3.63) is 55.1 Å². The Morgan fingerprint density at radius 3 is 2.23 bits per heavy atom. The van der Waals surface area contributed by atoms with Gasteiger partial charge < -0.3 is 10.6 Å². The lowest BCUT2D eigenvalue weighted by molar-refractivity contribution is 0.389. The standard InChI is InChI=1S/C20H22N6/c1-7-21-8-2-15(1)14-24-19-13-18(16-3-9-22-10-4-16)25-20(26-19)17-5-11-23-12-6-17/h3-6,9-13,15,21H,1-2,7-8,14H2,(H,24,25,26). The summed E-state index contributed by atoms with van der Waals surface area (Å²) in [6.07, 6.45) is 9.50. The van der Waals surface area contributed by atoms with Crippen LogP contribution >= 0.6 is 0 Å². The first-order chi connectivity index (χ1) is 12.9. The fourth-order valence-electron chi connectivity index (χ4n) is 3.17. The van der Waals surface area contributed by atoms with Gasteiger partial charge in [0.2, 0.25) is 0 Å². The third-order valence-electron chi connectivity index (χ3n) is 4.67. The van der Waals surface area contributed by atoms with Crippen molar-refractivity contribution >= 4 is 5.82 Å². The molecule has 4 heterocycles. The van der Waals surface area contributed by atoms with Crippen molar-refractivity contribution in [1.82, 2.24) is 25.3 Å². The maximum absolute atomic E-state index is 4.75. The third-order valence-corrected chi connectivity index (χ3v) is 4.67. The number of nitrogens with one attached hydrogen (secondary N) is 2. The molecule has 2 N–H and O–H groups in total. The molecule has 0 saturated carbocycles. The lowest BCUT2D eigenvalue weighted by atomic mass is 9.98. The highest BCUT2D eigenvalue weighted by atomic mass is 15.0. The Bertz CT molecular complexity index is 774. The summed E-state index contributed by atoms with van der Waals surface area (Å²) in [5.41, 5.74) is 2.88.